The van der Waals surface area contributed by atoms with Gasteiger partial charge in [-0.25, -0.2) is 0 Å². The molecule has 0 aliphatic carbocycles. The van der Waals surface area contributed by atoms with Crippen molar-refractivity contribution >= 4 is 28.6 Å². The first-order valence-electron chi connectivity index (χ1n) is 12.6. The number of piperidine rings is 1. The number of aromatic nitrogens is 1. The molecular weight excluding hydrogens is 430 g/mol. The van der Waals surface area contributed by atoms with Crippen LogP contribution in [-0.4, -0.2) is 68.4 Å². The molecule has 1 aromatic carbocycles. The number of likely N-dealkylation sites (tertiary alicyclic amines) is 2. The highest BCUT2D eigenvalue weighted by atomic mass is 16.4. The molecule has 3 atom stereocenters. The molecule has 1 amide bonds. The van der Waals surface area contributed by atoms with E-state index in [1.165, 1.54) is 5.69 Å². The lowest BCUT2D eigenvalue weighted by Crippen LogP contribution is -2.56. The van der Waals surface area contributed by atoms with Gasteiger partial charge in [0, 0.05) is 35.9 Å². The van der Waals surface area contributed by atoms with Crippen LogP contribution in [0.5, 0.6) is 0 Å². The number of amidine groups is 1. The summed E-state index contributed by atoms with van der Waals surface area (Å²) < 4.78 is 2.28. The molecule has 3 heterocycles. The molecule has 4 rings (SSSR count). The first-order chi connectivity index (χ1) is 16.3. The molecule has 2 fully saturated rings. The number of nitrogens with two attached hydrogens (primary N) is 1. The average molecular weight is 468 g/mol. The zero-order valence-corrected chi connectivity index (χ0v) is 20.3. The Kier molecular flexibility index (Phi) is 7.26. The molecule has 34 heavy (non-hydrogen) atoms. The summed E-state index contributed by atoms with van der Waals surface area (Å²) >= 11 is 0. The van der Waals surface area contributed by atoms with Gasteiger partial charge in [-0.15, -0.1) is 0 Å². The number of nitrogens with one attached hydrogen (secondary N) is 1. The van der Waals surface area contributed by atoms with Crippen LogP contribution >= 0.6 is 0 Å². The first kappa shape index (κ1) is 24.3. The van der Waals surface area contributed by atoms with E-state index in [2.05, 4.69) is 17.6 Å². The maximum atomic E-state index is 13.6. The van der Waals surface area contributed by atoms with E-state index in [4.69, 9.17) is 11.1 Å². The topological polar surface area (TPSA) is 116 Å². The van der Waals surface area contributed by atoms with Crippen molar-refractivity contribution in [1.82, 2.24) is 14.4 Å². The van der Waals surface area contributed by atoms with Crippen molar-refractivity contribution < 1.29 is 14.7 Å². The normalized spacial score (nSPS) is 22.2. The van der Waals surface area contributed by atoms with Crippen molar-refractivity contribution in [3.8, 4) is 0 Å². The quantitative estimate of drug-likeness (QED) is 0.407. The number of carbonyl (C=O) groups excluding carboxylic acids is 1. The summed E-state index contributed by atoms with van der Waals surface area (Å²) in [6, 6.07) is 7.32. The van der Waals surface area contributed by atoms with E-state index in [9.17, 15) is 14.7 Å². The lowest BCUT2D eigenvalue weighted by atomic mass is 9.98. The van der Waals surface area contributed by atoms with Gasteiger partial charge in [0.15, 0.2) is 0 Å². The summed E-state index contributed by atoms with van der Waals surface area (Å²) in [6.45, 7) is 6.07. The number of fused-ring (bicyclic) bond motifs is 1. The third-order valence-corrected chi connectivity index (χ3v) is 7.70. The molecule has 8 heteroatoms. The molecular formula is C26H37N5O3. The second-order valence-electron chi connectivity index (χ2n) is 9.70. The Morgan fingerprint density at radius 3 is 2.68 bits per heavy atom. The molecule has 2 unspecified atom stereocenters. The van der Waals surface area contributed by atoms with Gasteiger partial charge in [0.2, 0.25) is 5.91 Å². The molecule has 8 nitrogen and oxygen atoms in total. The second kappa shape index (κ2) is 10.2. The van der Waals surface area contributed by atoms with Crippen molar-refractivity contribution in [1.29, 1.82) is 5.41 Å². The Bertz CT molecular complexity index is 1080. The molecule has 0 saturated carbocycles. The van der Waals surface area contributed by atoms with Crippen LogP contribution in [0.4, 0.5) is 0 Å². The van der Waals surface area contributed by atoms with Gasteiger partial charge in [-0.2, -0.15) is 0 Å². The molecule has 2 aromatic rings. The van der Waals surface area contributed by atoms with E-state index in [-0.39, 0.29) is 23.8 Å². The number of benzene rings is 1. The van der Waals surface area contributed by atoms with Crippen LogP contribution in [0.25, 0.3) is 10.9 Å². The van der Waals surface area contributed by atoms with Gasteiger partial charge in [-0.1, -0.05) is 18.6 Å². The number of amides is 1. The zero-order valence-electron chi connectivity index (χ0n) is 20.3. The number of carboxylic acid groups (broad SMARTS) is 1. The fraction of sp³-hybridized carbons (Fsp3) is 0.577. The van der Waals surface area contributed by atoms with Crippen LogP contribution in [-0.2, 0) is 22.6 Å². The first-order valence-corrected chi connectivity index (χ1v) is 12.6. The number of hydrogen-bond donors (Lipinski definition) is 3. The van der Waals surface area contributed by atoms with Crippen molar-refractivity contribution in [2.45, 2.75) is 83.5 Å². The highest BCUT2D eigenvalue weighted by Gasteiger charge is 2.39. The predicted octanol–water partition coefficient (Wildman–Crippen LogP) is 3.20. The highest BCUT2D eigenvalue weighted by molar-refractivity contribution is 5.98. The van der Waals surface area contributed by atoms with E-state index < -0.39 is 12.0 Å². The minimum absolute atomic E-state index is 0.0707. The number of aliphatic carboxylic acids is 1. The molecule has 1 aromatic heterocycles. The van der Waals surface area contributed by atoms with Gasteiger partial charge in [0.1, 0.15) is 11.9 Å². The molecule has 2 saturated heterocycles. The van der Waals surface area contributed by atoms with Crippen molar-refractivity contribution in [3.05, 3.63) is 35.5 Å². The number of nitrogen functional groups attached to an aromatic ring is 1. The largest absolute Gasteiger partial charge is 0.480 e. The summed E-state index contributed by atoms with van der Waals surface area (Å²) in [7, 11) is 0. The second-order valence-corrected chi connectivity index (χ2v) is 9.70. The lowest BCUT2D eigenvalue weighted by Gasteiger charge is -2.40. The van der Waals surface area contributed by atoms with Crippen LogP contribution in [0.1, 0.15) is 63.6 Å². The third-order valence-electron chi connectivity index (χ3n) is 7.70. The molecule has 184 valence electrons. The number of hydrogen-bond acceptors (Lipinski definition) is 4. The smallest absolute Gasteiger partial charge is 0.320 e. The Labute approximate surface area is 201 Å². The summed E-state index contributed by atoms with van der Waals surface area (Å²) in [5.41, 5.74) is 8.74. The summed E-state index contributed by atoms with van der Waals surface area (Å²) in [5.74, 6) is -0.684. The van der Waals surface area contributed by atoms with Crippen molar-refractivity contribution in [3.63, 3.8) is 0 Å². The van der Waals surface area contributed by atoms with Crippen LogP contribution in [0.3, 0.4) is 0 Å². The zero-order chi connectivity index (χ0) is 24.4. The summed E-state index contributed by atoms with van der Waals surface area (Å²) in [5, 5.41) is 18.4. The minimum atomic E-state index is -0.863. The minimum Gasteiger partial charge on any atom is -0.480 e. The molecule has 2 aliphatic rings. The third kappa shape index (κ3) is 4.69. The van der Waals surface area contributed by atoms with E-state index in [0.717, 1.165) is 74.5 Å². The van der Waals surface area contributed by atoms with E-state index >= 15 is 0 Å². The fourth-order valence-electron chi connectivity index (χ4n) is 5.82. The van der Waals surface area contributed by atoms with Crippen LogP contribution in [0.2, 0.25) is 0 Å². The van der Waals surface area contributed by atoms with Gasteiger partial charge in [0.25, 0.3) is 0 Å². The Balaban J connectivity index is 1.49. The average Bonchev–Trinajstić information content (AvgIpc) is 3.44. The number of aryl methyl sites for hydroxylation is 2. The lowest BCUT2D eigenvalue weighted by molar-refractivity contribution is -0.149. The van der Waals surface area contributed by atoms with Crippen LogP contribution in [0, 0.1) is 5.41 Å². The van der Waals surface area contributed by atoms with Crippen molar-refractivity contribution in [2.24, 2.45) is 5.73 Å². The molecule has 0 spiro atoms. The van der Waals surface area contributed by atoms with Crippen LogP contribution < -0.4 is 5.73 Å². The molecule has 4 N–H and O–H groups in total. The number of rotatable bonds is 8. The van der Waals surface area contributed by atoms with Crippen molar-refractivity contribution in [2.75, 3.05) is 13.1 Å². The van der Waals surface area contributed by atoms with Gasteiger partial charge in [0.05, 0.1) is 6.04 Å². The Morgan fingerprint density at radius 2 is 1.97 bits per heavy atom. The van der Waals surface area contributed by atoms with Gasteiger partial charge < -0.3 is 20.3 Å². The van der Waals surface area contributed by atoms with E-state index in [1.807, 2.05) is 28.0 Å². The Hall–Kier alpha value is -2.87. The number of carbonyl (C=O) groups is 2. The summed E-state index contributed by atoms with van der Waals surface area (Å²) in [4.78, 5) is 29.1. The van der Waals surface area contributed by atoms with E-state index in [1.54, 1.807) is 6.92 Å². The van der Waals surface area contributed by atoms with Gasteiger partial charge >= 0.3 is 5.97 Å². The SMILES string of the molecule is CCn1c(CC[C@@H]2CCCN2C(=O)C2CCCCN2C(C)C(=O)O)cc2ccc(C(=N)N)cc21. The van der Waals surface area contributed by atoms with Crippen LogP contribution in [0.15, 0.2) is 24.3 Å². The summed E-state index contributed by atoms with van der Waals surface area (Å²) in [6.07, 6.45) is 6.40. The number of nitrogens with zero attached hydrogens (tertiary/aromatic N) is 3. The standard InChI is InChI=1S/C26H37N5O3/c1-3-29-21(15-18-9-10-19(24(27)28)16-23(18)29)12-11-20-7-6-14-31(20)25(32)22-8-4-5-13-30(22)17(2)26(33)34/h9-10,15-17,20,22H,3-8,11-14H2,1-2H3,(H3,27,28)(H,33,34)/t17?,20-,22?/m0/s1. The van der Waals surface area contributed by atoms with Gasteiger partial charge in [-0.3, -0.25) is 19.9 Å². The molecule has 2 aliphatic heterocycles. The molecule has 0 bridgehead atoms. The Morgan fingerprint density at radius 1 is 1.18 bits per heavy atom. The van der Waals surface area contributed by atoms with E-state index in [0.29, 0.717) is 6.54 Å². The maximum Gasteiger partial charge on any atom is 0.320 e. The number of carboxylic acids is 1. The molecule has 0 radical (unpaired) electrons. The monoisotopic (exact) mass is 467 g/mol. The maximum absolute atomic E-state index is 13.6. The predicted molar refractivity (Wildman–Crippen MR) is 133 cm³/mol. The van der Waals surface area contributed by atoms with Gasteiger partial charge in [-0.05, 0) is 76.4 Å². The fourth-order valence-corrected chi connectivity index (χ4v) is 5.82. The highest BCUT2D eigenvalue weighted by Crippen LogP contribution is 2.29.